The van der Waals surface area contributed by atoms with Crippen molar-refractivity contribution in [3.63, 3.8) is 0 Å². The molecule has 0 bridgehead atoms. The van der Waals surface area contributed by atoms with Crippen LogP contribution in [0.2, 0.25) is 0 Å². The van der Waals surface area contributed by atoms with Crippen molar-refractivity contribution in [3.8, 4) is 11.5 Å². The number of carbonyl (C=O) groups is 1. The van der Waals surface area contributed by atoms with Crippen LogP contribution in [0.4, 0.5) is 4.79 Å². The zero-order valence-corrected chi connectivity index (χ0v) is 20.8. The maximum Gasteiger partial charge on any atom is 0.503 e. The first kappa shape index (κ1) is 24.2. The van der Waals surface area contributed by atoms with Crippen LogP contribution in [0.5, 0.6) is 11.5 Å². The lowest BCUT2D eigenvalue weighted by molar-refractivity contribution is 0.137. The molecular weight excluding hydrogens is 716 g/mol. The van der Waals surface area contributed by atoms with Gasteiger partial charge in [0, 0.05) is 8.95 Å². The van der Waals surface area contributed by atoms with E-state index >= 15 is 0 Å². The quantitative estimate of drug-likeness (QED) is 0.225. The standard InChI is InChI=1S/2C6H3Br3O.CH2O3/c2*7-3-1-4(8)6(10)5(9)2-3;2-1(3)4/h2*1-2,10H;(H2,2,3,4). The SMILES string of the molecule is O=C(O)O.Oc1c(Br)cc(Br)cc1Br.Oc1c(Br)cc(Br)cc1Br. The Balaban J connectivity index is 0.000000363. The molecule has 5 nitrogen and oxygen atoms in total. The predicted octanol–water partition coefficient (Wildman–Crippen LogP) is 7.58. The Labute approximate surface area is 187 Å². The number of aromatic hydroxyl groups is 2. The van der Waals surface area contributed by atoms with Gasteiger partial charge in [-0.3, -0.25) is 0 Å². The van der Waals surface area contributed by atoms with Gasteiger partial charge in [-0.15, -0.1) is 0 Å². The van der Waals surface area contributed by atoms with Crippen LogP contribution in [-0.2, 0) is 0 Å². The van der Waals surface area contributed by atoms with Gasteiger partial charge >= 0.3 is 6.16 Å². The molecule has 0 atom stereocenters. The lowest BCUT2D eigenvalue weighted by Gasteiger charge is -1.99. The van der Waals surface area contributed by atoms with Crippen molar-refractivity contribution < 1.29 is 25.2 Å². The summed E-state index contributed by atoms with van der Waals surface area (Å²) in [6.07, 6.45) is -1.83. The molecule has 0 spiro atoms. The molecule has 0 unspecified atom stereocenters. The van der Waals surface area contributed by atoms with E-state index in [1.165, 1.54) is 0 Å². The molecule has 0 aromatic heterocycles. The minimum Gasteiger partial charge on any atom is -0.506 e. The van der Waals surface area contributed by atoms with Gasteiger partial charge in [-0.05, 0) is 88.0 Å². The van der Waals surface area contributed by atoms with Gasteiger partial charge in [0.25, 0.3) is 0 Å². The maximum absolute atomic E-state index is 9.22. The lowest BCUT2D eigenvalue weighted by atomic mass is 10.3. The van der Waals surface area contributed by atoms with E-state index in [2.05, 4.69) is 95.6 Å². The first-order valence-corrected chi connectivity index (χ1v) is 10.3. The summed E-state index contributed by atoms with van der Waals surface area (Å²) in [7, 11) is 0. The highest BCUT2D eigenvalue weighted by Crippen LogP contribution is 2.35. The second-order valence-corrected chi connectivity index (χ2v) is 8.97. The fourth-order valence-electron chi connectivity index (χ4n) is 1.07. The lowest BCUT2D eigenvalue weighted by Crippen LogP contribution is -1.81. The molecule has 11 heteroatoms. The number of hydrogen-bond donors (Lipinski definition) is 4. The Morgan fingerprint density at radius 3 is 0.958 bits per heavy atom. The third-order valence-corrected chi connectivity index (χ3v) is 5.30. The van der Waals surface area contributed by atoms with Crippen molar-refractivity contribution in [2.45, 2.75) is 0 Å². The van der Waals surface area contributed by atoms with Gasteiger partial charge in [0.2, 0.25) is 0 Å². The summed E-state index contributed by atoms with van der Waals surface area (Å²) in [6, 6.07) is 7.11. The predicted molar refractivity (Wildman–Crippen MR) is 113 cm³/mol. The van der Waals surface area contributed by atoms with Crippen LogP contribution in [0, 0.1) is 0 Å². The molecule has 132 valence electrons. The molecule has 24 heavy (non-hydrogen) atoms. The Morgan fingerprint density at radius 2 is 0.792 bits per heavy atom. The van der Waals surface area contributed by atoms with E-state index in [0.29, 0.717) is 17.9 Å². The van der Waals surface area contributed by atoms with Crippen LogP contribution >= 0.6 is 95.6 Å². The zero-order chi connectivity index (χ0) is 19.0. The van der Waals surface area contributed by atoms with Gasteiger partial charge in [0.05, 0.1) is 17.9 Å². The fourth-order valence-corrected chi connectivity index (χ4v) is 5.59. The highest BCUT2D eigenvalue weighted by atomic mass is 79.9. The van der Waals surface area contributed by atoms with Gasteiger partial charge in [-0.2, -0.15) is 0 Å². The van der Waals surface area contributed by atoms with Gasteiger partial charge in [-0.25, -0.2) is 4.79 Å². The summed E-state index contributed by atoms with van der Waals surface area (Å²) in [5, 5.41) is 32.4. The molecule has 2 rings (SSSR count). The maximum atomic E-state index is 9.22. The molecule has 4 N–H and O–H groups in total. The summed E-state index contributed by atoms with van der Waals surface area (Å²) in [4.78, 5) is 8.56. The largest absolute Gasteiger partial charge is 0.506 e. The molecule has 0 saturated heterocycles. The number of halogens is 6. The summed E-state index contributed by atoms with van der Waals surface area (Å²) in [5.41, 5.74) is 0. The minimum absolute atomic E-state index is 0.225. The zero-order valence-electron chi connectivity index (χ0n) is 11.3. The molecular formula is C13H8Br6O5. The van der Waals surface area contributed by atoms with Gasteiger partial charge < -0.3 is 20.4 Å². The Bertz CT molecular complexity index is 616. The Hall–Kier alpha value is 0.190. The van der Waals surface area contributed by atoms with E-state index in [-0.39, 0.29) is 11.5 Å². The van der Waals surface area contributed by atoms with Crippen LogP contribution < -0.4 is 0 Å². The van der Waals surface area contributed by atoms with E-state index in [9.17, 15) is 10.2 Å². The van der Waals surface area contributed by atoms with Crippen molar-refractivity contribution in [1.82, 2.24) is 0 Å². The van der Waals surface area contributed by atoms with Crippen molar-refractivity contribution >= 4 is 102 Å². The summed E-state index contributed by atoms with van der Waals surface area (Å²) < 4.78 is 4.54. The van der Waals surface area contributed by atoms with E-state index in [4.69, 9.17) is 15.0 Å². The molecule has 0 saturated carbocycles. The van der Waals surface area contributed by atoms with E-state index in [0.717, 1.165) is 8.95 Å². The van der Waals surface area contributed by atoms with Crippen molar-refractivity contribution in [3.05, 3.63) is 51.1 Å². The van der Waals surface area contributed by atoms with Crippen LogP contribution in [-0.4, -0.2) is 26.6 Å². The number of phenols is 2. The Morgan fingerprint density at radius 1 is 0.625 bits per heavy atom. The van der Waals surface area contributed by atoms with Gasteiger partial charge in [-0.1, -0.05) is 31.9 Å². The summed E-state index contributed by atoms with van der Waals surface area (Å²) >= 11 is 19.3. The summed E-state index contributed by atoms with van der Waals surface area (Å²) in [6.45, 7) is 0. The van der Waals surface area contributed by atoms with Crippen molar-refractivity contribution in [2.24, 2.45) is 0 Å². The normalized spacial score (nSPS) is 9.25. The molecule has 2 aromatic carbocycles. The molecule has 0 radical (unpaired) electrons. The summed E-state index contributed by atoms with van der Waals surface area (Å²) in [5.74, 6) is 0.450. The van der Waals surface area contributed by atoms with Gasteiger partial charge in [0.15, 0.2) is 0 Å². The van der Waals surface area contributed by atoms with Crippen LogP contribution in [0.15, 0.2) is 51.1 Å². The Kier molecular flexibility index (Phi) is 11.8. The first-order valence-electron chi connectivity index (χ1n) is 5.54. The van der Waals surface area contributed by atoms with Crippen LogP contribution in [0.3, 0.4) is 0 Å². The fraction of sp³-hybridized carbons (Fsp3) is 0. The number of hydrogen-bond acceptors (Lipinski definition) is 3. The molecule has 0 aliphatic rings. The van der Waals surface area contributed by atoms with Crippen molar-refractivity contribution in [1.29, 1.82) is 0 Å². The molecule has 0 aliphatic carbocycles. The molecule has 0 amide bonds. The highest BCUT2D eigenvalue weighted by molar-refractivity contribution is 9.12. The number of benzene rings is 2. The molecule has 0 aliphatic heterocycles. The average molecular weight is 724 g/mol. The van der Waals surface area contributed by atoms with E-state index in [1.54, 1.807) is 24.3 Å². The monoisotopic (exact) mass is 718 g/mol. The third kappa shape index (κ3) is 9.62. The first-order chi connectivity index (χ1) is 11.0. The van der Waals surface area contributed by atoms with Crippen molar-refractivity contribution in [2.75, 3.05) is 0 Å². The second-order valence-electron chi connectivity index (χ2n) is 3.72. The van der Waals surface area contributed by atoms with Crippen LogP contribution in [0.1, 0.15) is 0 Å². The molecule has 0 heterocycles. The molecule has 2 aromatic rings. The number of carboxylic acid groups (broad SMARTS) is 2. The third-order valence-electron chi connectivity index (χ3n) is 1.96. The molecule has 0 fully saturated rings. The average Bonchev–Trinajstić information content (AvgIpc) is 2.42. The van der Waals surface area contributed by atoms with E-state index < -0.39 is 6.16 Å². The van der Waals surface area contributed by atoms with E-state index in [1.807, 2.05) is 0 Å². The topological polar surface area (TPSA) is 98.0 Å². The van der Waals surface area contributed by atoms with Crippen LogP contribution in [0.25, 0.3) is 0 Å². The second kappa shape index (κ2) is 11.7. The minimum atomic E-state index is -1.83. The van der Waals surface area contributed by atoms with Gasteiger partial charge in [0.1, 0.15) is 11.5 Å². The smallest absolute Gasteiger partial charge is 0.503 e. The number of phenolic OH excluding ortho intramolecular Hbond substituents is 2. The number of rotatable bonds is 0. The highest BCUT2D eigenvalue weighted by Gasteiger charge is 2.03.